The largest absolute Gasteiger partial charge is 0.465 e. The number of hydrogen-bond donors (Lipinski definition) is 1. The summed E-state index contributed by atoms with van der Waals surface area (Å²) in [5.41, 5.74) is -1.35. The molecule has 1 N–H and O–H groups in total. The van der Waals surface area contributed by atoms with Crippen LogP contribution in [0.1, 0.15) is 13.3 Å². The Labute approximate surface area is 75.7 Å². The summed E-state index contributed by atoms with van der Waals surface area (Å²) < 4.78 is 9.54. The monoisotopic (exact) mass is 185 g/mol. The van der Waals surface area contributed by atoms with E-state index in [0.29, 0.717) is 6.42 Å². The SMILES string of the molecule is COC(=O)C1(NC(C)=O)CC=CO1. The lowest BCUT2D eigenvalue weighted by Crippen LogP contribution is -2.54. The van der Waals surface area contributed by atoms with Crippen LogP contribution in [0.4, 0.5) is 0 Å². The van der Waals surface area contributed by atoms with Crippen molar-refractivity contribution < 1.29 is 19.1 Å². The zero-order valence-electron chi connectivity index (χ0n) is 7.49. The Kier molecular flexibility index (Phi) is 2.55. The van der Waals surface area contributed by atoms with Crippen LogP contribution >= 0.6 is 0 Å². The molecule has 1 amide bonds. The molecule has 0 aliphatic carbocycles. The molecule has 0 aromatic carbocycles. The summed E-state index contributed by atoms with van der Waals surface area (Å²) in [4.78, 5) is 22.1. The zero-order valence-corrected chi connectivity index (χ0v) is 7.49. The maximum Gasteiger partial charge on any atom is 0.372 e. The fourth-order valence-corrected chi connectivity index (χ4v) is 1.14. The van der Waals surface area contributed by atoms with Gasteiger partial charge < -0.3 is 14.8 Å². The highest BCUT2D eigenvalue weighted by Gasteiger charge is 2.43. The fraction of sp³-hybridized carbons (Fsp3) is 0.500. The summed E-state index contributed by atoms with van der Waals surface area (Å²) >= 11 is 0. The summed E-state index contributed by atoms with van der Waals surface area (Å²) in [6.07, 6.45) is 3.30. The molecule has 0 saturated carbocycles. The number of ether oxygens (including phenoxy) is 2. The lowest BCUT2D eigenvalue weighted by atomic mass is 10.1. The van der Waals surface area contributed by atoms with Gasteiger partial charge >= 0.3 is 5.97 Å². The minimum Gasteiger partial charge on any atom is -0.465 e. The first kappa shape index (κ1) is 9.57. The van der Waals surface area contributed by atoms with Crippen LogP contribution in [-0.2, 0) is 19.1 Å². The molecule has 0 bridgehead atoms. The minimum atomic E-state index is -1.35. The molecule has 5 nitrogen and oxygen atoms in total. The van der Waals surface area contributed by atoms with Crippen LogP contribution in [0, 0.1) is 0 Å². The Morgan fingerprint density at radius 3 is 2.69 bits per heavy atom. The van der Waals surface area contributed by atoms with Gasteiger partial charge in [-0.05, 0) is 6.08 Å². The fourth-order valence-electron chi connectivity index (χ4n) is 1.14. The van der Waals surface area contributed by atoms with Crippen LogP contribution in [0.15, 0.2) is 12.3 Å². The average Bonchev–Trinajstić information content (AvgIpc) is 2.51. The van der Waals surface area contributed by atoms with Crippen molar-refractivity contribution in [2.45, 2.75) is 19.1 Å². The number of rotatable bonds is 2. The Balaban J connectivity index is 2.76. The van der Waals surface area contributed by atoms with Gasteiger partial charge in [0, 0.05) is 13.3 Å². The summed E-state index contributed by atoms with van der Waals surface area (Å²) in [5, 5.41) is 2.41. The molecule has 0 aromatic rings. The van der Waals surface area contributed by atoms with E-state index in [1.54, 1.807) is 6.08 Å². The third-order valence-corrected chi connectivity index (χ3v) is 1.66. The van der Waals surface area contributed by atoms with Gasteiger partial charge in [-0.3, -0.25) is 4.79 Å². The molecule has 0 saturated heterocycles. The molecule has 13 heavy (non-hydrogen) atoms. The van der Waals surface area contributed by atoms with Crippen LogP contribution in [-0.4, -0.2) is 24.7 Å². The molecule has 0 aromatic heterocycles. The molecule has 5 heteroatoms. The molecular formula is C8H11NO4. The second-order valence-corrected chi connectivity index (χ2v) is 2.69. The number of methoxy groups -OCH3 is 1. The molecule has 1 aliphatic heterocycles. The van der Waals surface area contributed by atoms with Gasteiger partial charge in [0.2, 0.25) is 5.91 Å². The van der Waals surface area contributed by atoms with E-state index in [4.69, 9.17) is 4.74 Å². The molecular weight excluding hydrogens is 174 g/mol. The minimum absolute atomic E-state index is 0.291. The van der Waals surface area contributed by atoms with Crippen molar-refractivity contribution in [2.75, 3.05) is 7.11 Å². The quantitative estimate of drug-likeness (QED) is 0.611. The van der Waals surface area contributed by atoms with Crippen LogP contribution in [0.2, 0.25) is 0 Å². The smallest absolute Gasteiger partial charge is 0.372 e. The van der Waals surface area contributed by atoms with Gasteiger partial charge in [-0.2, -0.15) is 0 Å². The lowest BCUT2D eigenvalue weighted by molar-refractivity contribution is -0.167. The number of carbonyl (C=O) groups is 2. The Morgan fingerprint density at radius 2 is 2.31 bits per heavy atom. The van der Waals surface area contributed by atoms with Crippen molar-refractivity contribution in [3.05, 3.63) is 12.3 Å². The predicted molar refractivity (Wildman–Crippen MR) is 43.4 cm³/mol. The molecule has 1 heterocycles. The summed E-state index contributed by atoms with van der Waals surface area (Å²) in [6, 6.07) is 0. The van der Waals surface area contributed by atoms with E-state index in [1.807, 2.05) is 0 Å². The van der Waals surface area contributed by atoms with E-state index in [9.17, 15) is 9.59 Å². The van der Waals surface area contributed by atoms with Crippen molar-refractivity contribution >= 4 is 11.9 Å². The number of carbonyl (C=O) groups excluding carboxylic acids is 2. The van der Waals surface area contributed by atoms with Crippen molar-refractivity contribution in [3.63, 3.8) is 0 Å². The van der Waals surface area contributed by atoms with Crippen LogP contribution in [0.5, 0.6) is 0 Å². The first-order chi connectivity index (χ1) is 6.10. The Hall–Kier alpha value is -1.52. The van der Waals surface area contributed by atoms with E-state index < -0.39 is 11.7 Å². The zero-order chi connectivity index (χ0) is 9.90. The van der Waals surface area contributed by atoms with Crippen LogP contribution in [0.3, 0.4) is 0 Å². The van der Waals surface area contributed by atoms with Crippen molar-refractivity contribution in [1.82, 2.24) is 5.32 Å². The van der Waals surface area contributed by atoms with Gasteiger partial charge in [0.15, 0.2) is 0 Å². The maximum atomic E-state index is 11.3. The predicted octanol–water partition coefficient (Wildman–Crippen LogP) is -0.0742. The Morgan fingerprint density at radius 1 is 1.62 bits per heavy atom. The second kappa shape index (κ2) is 3.47. The molecule has 1 atom stereocenters. The van der Waals surface area contributed by atoms with Crippen molar-refractivity contribution in [1.29, 1.82) is 0 Å². The highest BCUT2D eigenvalue weighted by molar-refractivity contribution is 5.86. The van der Waals surface area contributed by atoms with Crippen molar-refractivity contribution in [2.24, 2.45) is 0 Å². The summed E-state index contributed by atoms with van der Waals surface area (Å²) in [5.74, 6) is -0.943. The molecule has 0 radical (unpaired) electrons. The number of hydrogen-bond acceptors (Lipinski definition) is 4. The van der Waals surface area contributed by atoms with Gasteiger partial charge in [-0.1, -0.05) is 0 Å². The average molecular weight is 185 g/mol. The summed E-state index contributed by atoms with van der Waals surface area (Å²) in [7, 11) is 1.24. The highest BCUT2D eigenvalue weighted by Crippen LogP contribution is 2.21. The molecule has 0 fully saturated rings. The van der Waals surface area contributed by atoms with Crippen LogP contribution in [0.25, 0.3) is 0 Å². The summed E-state index contributed by atoms with van der Waals surface area (Å²) in [6.45, 7) is 1.31. The lowest BCUT2D eigenvalue weighted by Gasteiger charge is -2.25. The Bertz CT molecular complexity index is 251. The topological polar surface area (TPSA) is 64.6 Å². The highest BCUT2D eigenvalue weighted by atomic mass is 16.6. The van der Waals surface area contributed by atoms with Gasteiger partial charge in [0.25, 0.3) is 5.72 Å². The molecule has 1 unspecified atom stereocenters. The number of esters is 1. The maximum absolute atomic E-state index is 11.3. The van der Waals surface area contributed by atoms with E-state index in [-0.39, 0.29) is 5.91 Å². The standard InChI is InChI=1S/C8H11NO4/c1-6(10)9-8(7(11)12-2)4-3-5-13-8/h3,5H,4H2,1-2H3,(H,9,10). The second-order valence-electron chi connectivity index (χ2n) is 2.69. The van der Waals surface area contributed by atoms with E-state index in [0.717, 1.165) is 0 Å². The van der Waals surface area contributed by atoms with Gasteiger partial charge in [0.1, 0.15) is 0 Å². The van der Waals surface area contributed by atoms with E-state index >= 15 is 0 Å². The van der Waals surface area contributed by atoms with Crippen molar-refractivity contribution in [3.8, 4) is 0 Å². The first-order valence-electron chi connectivity index (χ1n) is 3.81. The number of nitrogens with one attached hydrogen (secondary N) is 1. The molecule has 72 valence electrons. The van der Waals surface area contributed by atoms with E-state index in [2.05, 4.69) is 10.1 Å². The molecule has 1 rings (SSSR count). The third kappa shape index (κ3) is 1.80. The first-order valence-corrected chi connectivity index (χ1v) is 3.81. The van der Waals surface area contributed by atoms with E-state index in [1.165, 1.54) is 20.3 Å². The van der Waals surface area contributed by atoms with Crippen LogP contribution < -0.4 is 5.32 Å². The normalized spacial score (nSPS) is 25.1. The molecule has 1 aliphatic rings. The van der Waals surface area contributed by atoms with Gasteiger partial charge in [-0.25, -0.2) is 4.79 Å². The third-order valence-electron chi connectivity index (χ3n) is 1.66. The molecule has 0 spiro atoms. The van der Waals surface area contributed by atoms with Gasteiger partial charge in [0.05, 0.1) is 13.4 Å². The number of amides is 1. The van der Waals surface area contributed by atoms with Gasteiger partial charge in [-0.15, -0.1) is 0 Å².